The van der Waals surface area contributed by atoms with Gasteiger partial charge in [-0.15, -0.1) is 0 Å². The van der Waals surface area contributed by atoms with Gasteiger partial charge in [0.15, 0.2) is 0 Å². The molecule has 0 atom stereocenters. The predicted octanol–water partition coefficient (Wildman–Crippen LogP) is 5.50. The number of para-hydroxylation sites is 1. The summed E-state index contributed by atoms with van der Waals surface area (Å²) < 4.78 is 2.41. The van der Waals surface area contributed by atoms with E-state index in [0.29, 0.717) is 0 Å². The SMILES string of the molecule is C=C(C)Cn1c(-c2ccccc2)c(C)c2cccc(C)c21. The molecule has 0 saturated carbocycles. The molecule has 1 nitrogen and oxygen atoms in total. The number of aromatic nitrogens is 1. The molecule has 1 heterocycles. The predicted molar refractivity (Wildman–Crippen MR) is 91.7 cm³/mol. The lowest BCUT2D eigenvalue weighted by Crippen LogP contribution is -2.02. The van der Waals surface area contributed by atoms with Gasteiger partial charge in [0.2, 0.25) is 0 Å². The van der Waals surface area contributed by atoms with Crippen molar-refractivity contribution < 1.29 is 0 Å². The summed E-state index contributed by atoms with van der Waals surface area (Å²) in [6.07, 6.45) is 0. The maximum Gasteiger partial charge on any atom is 0.0524 e. The number of nitrogens with zero attached hydrogens (tertiary/aromatic N) is 1. The smallest absolute Gasteiger partial charge is 0.0524 e. The Morgan fingerprint density at radius 3 is 2.38 bits per heavy atom. The normalized spacial score (nSPS) is 11.0. The van der Waals surface area contributed by atoms with E-state index in [9.17, 15) is 0 Å². The van der Waals surface area contributed by atoms with E-state index >= 15 is 0 Å². The molecular formula is C20H21N. The molecule has 0 aliphatic rings. The highest BCUT2D eigenvalue weighted by Gasteiger charge is 2.16. The van der Waals surface area contributed by atoms with Crippen LogP contribution in [0.1, 0.15) is 18.1 Å². The molecule has 3 aromatic rings. The summed E-state index contributed by atoms with van der Waals surface area (Å²) in [5.41, 5.74) is 7.75. The number of fused-ring (bicyclic) bond motifs is 1. The zero-order valence-corrected chi connectivity index (χ0v) is 13.0. The number of allylic oxidation sites excluding steroid dienone is 1. The fourth-order valence-electron chi connectivity index (χ4n) is 3.16. The van der Waals surface area contributed by atoms with Crippen LogP contribution < -0.4 is 0 Å². The third-order valence-electron chi connectivity index (χ3n) is 4.01. The van der Waals surface area contributed by atoms with Gasteiger partial charge in [-0.05, 0) is 37.5 Å². The lowest BCUT2D eigenvalue weighted by Gasteiger charge is -2.13. The second kappa shape index (κ2) is 5.25. The minimum atomic E-state index is 0.861. The summed E-state index contributed by atoms with van der Waals surface area (Å²) in [4.78, 5) is 0. The molecule has 0 N–H and O–H groups in total. The van der Waals surface area contributed by atoms with Crippen molar-refractivity contribution in [1.29, 1.82) is 0 Å². The Balaban J connectivity index is 2.40. The van der Waals surface area contributed by atoms with Gasteiger partial charge < -0.3 is 4.57 Å². The van der Waals surface area contributed by atoms with E-state index in [2.05, 4.69) is 80.4 Å². The minimum Gasteiger partial charge on any atom is -0.336 e. The number of benzene rings is 2. The number of rotatable bonds is 3. The van der Waals surface area contributed by atoms with Crippen LogP contribution >= 0.6 is 0 Å². The fourth-order valence-corrected chi connectivity index (χ4v) is 3.16. The quantitative estimate of drug-likeness (QED) is 0.556. The first kappa shape index (κ1) is 13.7. The number of hydrogen-bond donors (Lipinski definition) is 0. The average Bonchev–Trinajstić information content (AvgIpc) is 2.73. The van der Waals surface area contributed by atoms with E-state index in [0.717, 1.165) is 6.54 Å². The molecule has 0 fully saturated rings. The van der Waals surface area contributed by atoms with Crippen molar-refractivity contribution in [3.05, 3.63) is 71.8 Å². The summed E-state index contributed by atoms with van der Waals surface area (Å²) >= 11 is 0. The Kier molecular flexibility index (Phi) is 3.42. The first-order valence-electron chi connectivity index (χ1n) is 7.38. The third-order valence-corrected chi connectivity index (χ3v) is 4.01. The molecule has 0 amide bonds. The van der Waals surface area contributed by atoms with Crippen LogP contribution in [0.3, 0.4) is 0 Å². The molecule has 0 saturated heterocycles. The Labute approximate surface area is 126 Å². The van der Waals surface area contributed by atoms with Crippen LogP contribution in [0.15, 0.2) is 60.7 Å². The summed E-state index contributed by atoms with van der Waals surface area (Å²) in [6.45, 7) is 11.5. The van der Waals surface area contributed by atoms with Crippen LogP contribution in [-0.2, 0) is 6.54 Å². The lowest BCUT2D eigenvalue weighted by molar-refractivity contribution is 0.826. The Bertz CT molecular complexity index is 807. The van der Waals surface area contributed by atoms with Crippen LogP contribution in [0.4, 0.5) is 0 Å². The van der Waals surface area contributed by atoms with Crippen molar-refractivity contribution in [3.63, 3.8) is 0 Å². The summed E-state index contributed by atoms with van der Waals surface area (Å²) in [5.74, 6) is 0. The van der Waals surface area contributed by atoms with Gasteiger partial charge in [0.05, 0.1) is 11.2 Å². The minimum absolute atomic E-state index is 0.861. The van der Waals surface area contributed by atoms with Crippen LogP contribution in [0.2, 0.25) is 0 Å². The summed E-state index contributed by atoms with van der Waals surface area (Å²) in [6, 6.07) is 17.2. The molecule has 1 aromatic heterocycles. The largest absolute Gasteiger partial charge is 0.336 e. The standard InChI is InChI=1S/C20H21N/c1-14(2)13-21-19-15(3)9-8-12-18(19)16(4)20(21)17-10-6-5-7-11-17/h5-12H,1,13H2,2-4H3. The number of aryl methyl sites for hydroxylation is 2. The Morgan fingerprint density at radius 1 is 1.00 bits per heavy atom. The second-order valence-corrected chi connectivity index (χ2v) is 5.85. The maximum absolute atomic E-state index is 4.11. The van der Waals surface area contributed by atoms with E-state index in [1.54, 1.807) is 0 Å². The van der Waals surface area contributed by atoms with Gasteiger partial charge in [-0.25, -0.2) is 0 Å². The number of hydrogen-bond acceptors (Lipinski definition) is 0. The molecule has 106 valence electrons. The van der Waals surface area contributed by atoms with Gasteiger partial charge in [-0.1, -0.05) is 60.7 Å². The lowest BCUT2D eigenvalue weighted by atomic mass is 10.1. The van der Waals surface area contributed by atoms with Crippen molar-refractivity contribution in [2.45, 2.75) is 27.3 Å². The molecule has 0 unspecified atom stereocenters. The first-order chi connectivity index (χ1) is 10.1. The van der Waals surface area contributed by atoms with Gasteiger partial charge in [0.1, 0.15) is 0 Å². The highest BCUT2D eigenvalue weighted by molar-refractivity contribution is 5.93. The van der Waals surface area contributed by atoms with E-state index in [1.807, 2.05) is 0 Å². The molecule has 0 bridgehead atoms. The zero-order valence-electron chi connectivity index (χ0n) is 13.0. The van der Waals surface area contributed by atoms with Crippen molar-refractivity contribution in [2.75, 3.05) is 0 Å². The van der Waals surface area contributed by atoms with E-state index in [1.165, 1.54) is 38.9 Å². The molecule has 1 heteroatoms. The van der Waals surface area contributed by atoms with Crippen LogP contribution in [0, 0.1) is 13.8 Å². The Hall–Kier alpha value is -2.28. The van der Waals surface area contributed by atoms with E-state index < -0.39 is 0 Å². The van der Waals surface area contributed by atoms with Crippen molar-refractivity contribution in [1.82, 2.24) is 4.57 Å². The van der Waals surface area contributed by atoms with Crippen molar-refractivity contribution in [3.8, 4) is 11.3 Å². The second-order valence-electron chi connectivity index (χ2n) is 5.85. The molecular weight excluding hydrogens is 254 g/mol. The highest BCUT2D eigenvalue weighted by Crippen LogP contribution is 2.35. The molecule has 0 spiro atoms. The molecule has 0 aliphatic carbocycles. The Morgan fingerprint density at radius 2 is 1.71 bits per heavy atom. The zero-order chi connectivity index (χ0) is 15.0. The van der Waals surface area contributed by atoms with E-state index in [4.69, 9.17) is 0 Å². The molecule has 2 aromatic carbocycles. The fraction of sp³-hybridized carbons (Fsp3) is 0.200. The van der Waals surface area contributed by atoms with Gasteiger partial charge in [0.25, 0.3) is 0 Å². The van der Waals surface area contributed by atoms with Gasteiger partial charge >= 0.3 is 0 Å². The van der Waals surface area contributed by atoms with Crippen molar-refractivity contribution >= 4 is 10.9 Å². The van der Waals surface area contributed by atoms with Crippen LogP contribution in [0.5, 0.6) is 0 Å². The van der Waals surface area contributed by atoms with Gasteiger partial charge in [-0.2, -0.15) is 0 Å². The third kappa shape index (κ3) is 2.29. The van der Waals surface area contributed by atoms with Crippen LogP contribution in [0.25, 0.3) is 22.2 Å². The maximum atomic E-state index is 4.11. The van der Waals surface area contributed by atoms with E-state index in [-0.39, 0.29) is 0 Å². The van der Waals surface area contributed by atoms with Gasteiger partial charge in [0, 0.05) is 11.9 Å². The monoisotopic (exact) mass is 275 g/mol. The molecule has 0 radical (unpaired) electrons. The molecule has 3 rings (SSSR count). The topological polar surface area (TPSA) is 4.93 Å². The summed E-state index contributed by atoms with van der Waals surface area (Å²) in [5, 5.41) is 1.34. The molecule has 21 heavy (non-hydrogen) atoms. The average molecular weight is 275 g/mol. The summed E-state index contributed by atoms with van der Waals surface area (Å²) in [7, 11) is 0. The van der Waals surface area contributed by atoms with Crippen LogP contribution in [-0.4, -0.2) is 4.57 Å². The molecule has 0 aliphatic heterocycles. The highest BCUT2D eigenvalue weighted by atomic mass is 15.0. The van der Waals surface area contributed by atoms with Gasteiger partial charge in [-0.3, -0.25) is 0 Å². The first-order valence-corrected chi connectivity index (χ1v) is 7.38. The van der Waals surface area contributed by atoms with Crippen molar-refractivity contribution in [2.24, 2.45) is 0 Å².